The van der Waals surface area contributed by atoms with Crippen LogP contribution in [0.5, 0.6) is 11.5 Å². The van der Waals surface area contributed by atoms with Crippen LogP contribution in [0.1, 0.15) is 11.1 Å². The first-order valence-electron chi connectivity index (χ1n) is 6.77. The van der Waals surface area contributed by atoms with Gasteiger partial charge in [0.15, 0.2) is 0 Å². The van der Waals surface area contributed by atoms with Gasteiger partial charge in [-0.05, 0) is 61.4 Å². The second-order valence-electron chi connectivity index (χ2n) is 4.69. The third-order valence-corrected chi connectivity index (χ3v) is 3.68. The van der Waals surface area contributed by atoms with Crippen molar-refractivity contribution in [3.05, 3.63) is 57.6 Å². The van der Waals surface area contributed by atoms with Gasteiger partial charge in [-0.2, -0.15) is 0 Å². The van der Waals surface area contributed by atoms with Crippen LogP contribution in [0.4, 0.5) is 0 Å². The van der Waals surface area contributed by atoms with Crippen LogP contribution in [0, 0.1) is 13.8 Å². The number of methoxy groups -OCH3 is 1. The summed E-state index contributed by atoms with van der Waals surface area (Å²) in [6.07, 6.45) is 0. The highest BCUT2D eigenvalue weighted by molar-refractivity contribution is 6.31. The predicted octanol–water partition coefficient (Wildman–Crippen LogP) is 5.03. The third-order valence-electron chi connectivity index (χ3n) is 2.83. The molecule has 0 spiro atoms. The van der Waals surface area contributed by atoms with Gasteiger partial charge in [-0.25, -0.2) is 0 Å². The fraction of sp³-hybridized carbons (Fsp3) is 0.294. The predicted molar refractivity (Wildman–Crippen MR) is 91.4 cm³/mol. The van der Waals surface area contributed by atoms with Crippen molar-refractivity contribution in [1.29, 1.82) is 0 Å². The minimum Gasteiger partial charge on any atom is -0.508 e. The molecule has 0 atom stereocenters. The molecule has 0 aromatic heterocycles. The molecule has 2 aromatic carbocycles. The molecule has 0 aliphatic heterocycles. The average molecular weight is 343 g/mol. The maximum atomic E-state index is 8.88. The summed E-state index contributed by atoms with van der Waals surface area (Å²) in [6.45, 7) is 4.97. The Balaban J connectivity index is 0.000000235. The molecule has 0 aliphatic rings. The van der Waals surface area contributed by atoms with Gasteiger partial charge in [-0.15, -0.1) is 0 Å². The van der Waals surface area contributed by atoms with E-state index in [1.807, 2.05) is 32.0 Å². The Labute approximate surface area is 141 Å². The van der Waals surface area contributed by atoms with Crippen LogP contribution in [-0.2, 0) is 4.74 Å². The van der Waals surface area contributed by atoms with Crippen molar-refractivity contribution in [2.24, 2.45) is 0 Å². The zero-order valence-corrected chi connectivity index (χ0v) is 14.4. The topological polar surface area (TPSA) is 38.7 Å². The van der Waals surface area contributed by atoms with E-state index in [0.29, 0.717) is 18.2 Å². The lowest BCUT2D eigenvalue weighted by molar-refractivity contribution is 0.146. The molecule has 0 saturated carbocycles. The summed E-state index contributed by atoms with van der Waals surface area (Å²) in [5, 5.41) is 10.3. The molecular weight excluding hydrogens is 323 g/mol. The maximum absolute atomic E-state index is 8.88. The summed E-state index contributed by atoms with van der Waals surface area (Å²) in [5.74, 6) is 1.09. The average Bonchev–Trinajstić information content (AvgIpc) is 2.48. The molecule has 2 rings (SSSR count). The van der Waals surface area contributed by atoms with Crippen molar-refractivity contribution in [3.63, 3.8) is 0 Å². The van der Waals surface area contributed by atoms with E-state index in [2.05, 4.69) is 0 Å². The molecule has 3 nitrogen and oxygen atoms in total. The Hall–Kier alpha value is -1.42. The Morgan fingerprint density at radius 1 is 0.909 bits per heavy atom. The number of rotatable bonds is 4. The smallest absolute Gasteiger partial charge is 0.119 e. The number of phenolic OH excluding ortho intramolecular Hbond substituents is 1. The normalized spacial score (nSPS) is 9.86. The first-order valence-corrected chi connectivity index (χ1v) is 7.52. The van der Waals surface area contributed by atoms with E-state index in [0.717, 1.165) is 21.9 Å². The molecule has 0 saturated heterocycles. The van der Waals surface area contributed by atoms with Crippen molar-refractivity contribution >= 4 is 23.2 Å². The monoisotopic (exact) mass is 342 g/mol. The van der Waals surface area contributed by atoms with Crippen LogP contribution < -0.4 is 4.74 Å². The second-order valence-corrected chi connectivity index (χ2v) is 5.50. The minimum atomic E-state index is 0.261. The summed E-state index contributed by atoms with van der Waals surface area (Å²) >= 11 is 11.5. The lowest BCUT2D eigenvalue weighted by Crippen LogP contribution is -2.04. The zero-order chi connectivity index (χ0) is 16.5. The van der Waals surface area contributed by atoms with Crippen molar-refractivity contribution in [1.82, 2.24) is 0 Å². The highest BCUT2D eigenvalue weighted by atomic mass is 35.5. The standard InChI is InChI=1S/C10H13ClO2.C7H7ClO/c1-8-7-9(3-4-10(8)11)13-6-5-12-2;1-5-4-6(9)2-3-7(5)8/h3-4,7H,5-6H2,1-2H3;2-4,9H,1H3. The Bertz CT molecular complexity index is 600. The largest absolute Gasteiger partial charge is 0.508 e. The number of hydrogen-bond acceptors (Lipinski definition) is 3. The Morgan fingerprint density at radius 3 is 2.00 bits per heavy atom. The molecule has 0 radical (unpaired) electrons. The molecule has 0 aliphatic carbocycles. The van der Waals surface area contributed by atoms with E-state index in [9.17, 15) is 0 Å². The zero-order valence-electron chi connectivity index (χ0n) is 12.9. The molecule has 0 unspecified atom stereocenters. The highest BCUT2D eigenvalue weighted by Gasteiger charge is 1.97. The van der Waals surface area contributed by atoms with Crippen LogP contribution in [0.3, 0.4) is 0 Å². The van der Waals surface area contributed by atoms with E-state index in [-0.39, 0.29) is 5.75 Å². The fourth-order valence-corrected chi connectivity index (χ4v) is 1.81. The second kappa shape index (κ2) is 9.57. The third kappa shape index (κ3) is 6.56. The van der Waals surface area contributed by atoms with Crippen LogP contribution >= 0.6 is 23.2 Å². The van der Waals surface area contributed by atoms with Gasteiger partial charge in [0.25, 0.3) is 0 Å². The molecule has 1 N–H and O–H groups in total. The summed E-state index contributed by atoms with van der Waals surface area (Å²) in [5.41, 5.74) is 1.92. The van der Waals surface area contributed by atoms with Gasteiger partial charge in [-0.3, -0.25) is 0 Å². The molecule has 2 aromatic rings. The van der Waals surface area contributed by atoms with Gasteiger partial charge >= 0.3 is 0 Å². The SMILES string of the molecule is COCCOc1ccc(Cl)c(C)c1.Cc1cc(O)ccc1Cl. The van der Waals surface area contributed by atoms with Crippen LogP contribution in [-0.4, -0.2) is 25.4 Å². The first-order chi connectivity index (χ1) is 10.4. The number of hydrogen-bond donors (Lipinski definition) is 1. The van der Waals surface area contributed by atoms with Gasteiger partial charge in [-0.1, -0.05) is 23.2 Å². The molecule has 0 amide bonds. The van der Waals surface area contributed by atoms with Crippen LogP contribution in [0.15, 0.2) is 36.4 Å². The molecule has 5 heteroatoms. The molecule has 120 valence electrons. The number of phenols is 1. The first kappa shape index (κ1) is 18.6. The minimum absolute atomic E-state index is 0.261. The van der Waals surface area contributed by atoms with E-state index in [1.165, 1.54) is 0 Å². The van der Waals surface area contributed by atoms with Gasteiger partial charge in [0, 0.05) is 17.2 Å². The molecule has 0 heterocycles. The quantitative estimate of drug-likeness (QED) is 0.792. The lowest BCUT2D eigenvalue weighted by Gasteiger charge is -2.06. The Morgan fingerprint density at radius 2 is 1.50 bits per heavy atom. The van der Waals surface area contributed by atoms with Crippen molar-refractivity contribution < 1.29 is 14.6 Å². The Kier molecular flexibility index (Phi) is 8.10. The lowest BCUT2D eigenvalue weighted by atomic mass is 10.2. The van der Waals surface area contributed by atoms with Gasteiger partial charge < -0.3 is 14.6 Å². The number of aromatic hydroxyl groups is 1. The molecule has 0 fully saturated rings. The fourth-order valence-electron chi connectivity index (χ4n) is 1.58. The molecule has 0 bridgehead atoms. The molecular formula is C17H20Cl2O3. The van der Waals surface area contributed by atoms with E-state index in [1.54, 1.807) is 25.3 Å². The summed E-state index contributed by atoms with van der Waals surface area (Å²) in [7, 11) is 1.65. The number of aryl methyl sites for hydroxylation is 2. The maximum Gasteiger partial charge on any atom is 0.119 e. The van der Waals surface area contributed by atoms with Crippen molar-refractivity contribution in [2.45, 2.75) is 13.8 Å². The van der Waals surface area contributed by atoms with Crippen LogP contribution in [0.2, 0.25) is 10.0 Å². The molecule has 22 heavy (non-hydrogen) atoms. The van der Waals surface area contributed by atoms with E-state index >= 15 is 0 Å². The van der Waals surface area contributed by atoms with Gasteiger partial charge in [0.2, 0.25) is 0 Å². The number of ether oxygens (including phenoxy) is 2. The van der Waals surface area contributed by atoms with E-state index in [4.69, 9.17) is 37.8 Å². The van der Waals surface area contributed by atoms with Gasteiger partial charge in [0.05, 0.1) is 6.61 Å². The van der Waals surface area contributed by atoms with E-state index < -0.39 is 0 Å². The number of halogens is 2. The summed E-state index contributed by atoms with van der Waals surface area (Å²) in [4.78, 5) is 0. The van der Waals surface area contributed by atoms with Gasteiger partial charge in [0.1, 0.15) is 18.1 Å². The van der Waals surface area contributed by atoms with Crippen LogP contribution in [0.25, 0.3) is 0 Å². The number of benzene rings is 2. The highest BCUT2D eigenvalue weighted by Crippen LogP contribution is 2.21. The summed E-state index contributed by atoms with van der Waals surface area (Å²) < 4.78 is 10.3. The van der Waals surface area contributed by atoms with Crippen molar-refractivity contribution in [3.8, 4) is 11.5 Å². The van der Waals surface area contributed by atoms with Crippen molar-refractivity contribution in [2.75, 3.05) is 20.3 Å². The summed E-state index contributed by atoms with van der Waals surface area (Å²) in [6, 6.07) is 10.5.